The summed E-state index contributed by atoms with van der Waals surface area (Å²) in [6.45, 7) is 0. The minimum Gasteiger partial charge on any atom is -0.505 e. The van der Waals surface area contributed by atoms with Crippen LogP contribution in [0.3, 0.4) is 0 Å². The highest BCUT2D eigenvalue weighted by atomic mass is 79.9. The van der Waals surface area contributed by atoms with Crippen LogP contribution >= 0.6 is 15.9 Å². The highest BCUT2D eigenvalue weighted by Gasteiger charge is 2.05. The molecule has 2 nitrogen and oxygen atoms in total. The van der Waals surface area contributed by atoms with E-state index >= 15 is 0 Å². The first-order valence-electron chi connectivity index (χ1n) is 2.73. The van der Waals surface area contributed by atoms with E-state index < -0.39 is 11.6 Å². The monoisotopic (exact) mass is 215 g/mol. The average Bonchev–Trinajstić information content (AvgIpc) is 1.97. The molecule has 0 amide bonds. The fraction of sp³-hybridized carbons (Fsp3) is 0. The third-order valence-corrected chi connectivity index (χ3v) is 1.81. The lowest BCUT2D eigenvalue weighted by Gasteiger charge is -1.96. The van der Waals surface area contributed by atoms with E-state index in [1.54, 1.807) is 6.07 Å². The molecule has 0 radical (unpaired) electrons. The van der Waals surface area contributed by atoms with E-state index in [-0.39, 0.29) is 5.56 Å². The molecule has 0 heterocycles. The number of phenolic OH excluding ortho intramolecular Hbond substituents is 1. The van der Waals surface area contributed by atoms with Crippen molar-refractivity contribution >= 4 is 15.9 Å². The van der Waals surface area contributed by atoms with Crippen LogP contribution in [0.4, 0.5) is 4.39 Å². The second kappa shape index (κ2) is 2.89. The van der Waals surface area contributed by atoms with E-state index in [1.807, 2.05) is 0 Å². The molecule has 1 aromatic carbocycles. The van der Waals surface area contributed by atoms with Crippen LogP contribution in [-0.4, -0.2) is 5.11 Å². The summed E-state index contributed by atoms with van der Waals surface area (Å²) >= 11 is 2.97. The molecule has 0 spiro atoms. The molecule has 0 saturated carbocycles. The topological polar surface area (TPSA) is 44.0 Å². The molecule has 0 bridgehead atoms. The van der Waals surface area contributed by atoms with Crippen LogP contribution < -0.4 is 0 Å². The molecule has 0 atom stereocenters. The maximum atomic E-state index is 12.5. The number of aromatic hydroxyl groups is 1. The van der Waals surface area contributed by atoms with Gasteiger partial charge in [0, 0.05) is 10.5 Å². The third kappa shape index (κ3) is 1.49. The maximum Gasteiger partial charge on any atom is 0.166 e. The minimum absolute atomic E-state index is 0.212. The number of nitriles is 1. The Labute approximate surface area is 71.0 Å². The first-order chi connectivity index (χ1) is 5.15. The van der Waals surface area contributed by atoms with Crippen LogP contribution in [0.2, 0.25) is 0 Å². The summed E-state index contributed by atoms with van der Waals surface area (Å²) in [5.74, 6) is -1.25. The summed E-state index contributed by atoms with van der Waals surface area (Å²) < 4.78 is 12.8. The van der Waals surface area contributed by atoms with E-state index in [4.69, 9.17) is 10.4 Å². The zero-order chi connectivity index (χ0) is 8.43. The number of hydrogen-bond donors (Lipinski definition) is 1. The van der Waals surface area contributed by atoms with E-state index in [9.17, 15) is 4.39 Å². The Morgan fingerprint density at radius 3 is 2.73 bits per heavy atom. The van der Waals surface area contributed by atoms with Crippen molar-refractivity contribution in [3.05, 3.63) is 28.0 Å². The molecule has 0 aliphatic heterocycles. The Morgan fingerprint density at radius 2 is 2.18 bits per heavy atom. The van der Waals surface area contributed by atoms with E-state index in [1.165, 1.54) is 0 Å². The highest BCUT2D eigenvalue weighted by molar-refractivity contribution is 9.10. The highest BCUT2D eigenvalue weighted by Crippen LogP contribution is 2.24. The van der Waals surface area contributed by atoms with Gasteiger partial charge >= 0.3 is 0 Å². The number of halogens is 2. The summed E-state index contributed by atoms with van der Waals surface area (Å²) in [5.41, 5.74) is 0.212. The Bertz CT molecular complexity index is 332. The van der Waals surface area contributed by atoms with Gasteiger partial charge in [0.25, 0.3) is 0 Å². The van der Waals surface area contributed by atoms with Gasteiger partial charge in [-0.1, -0.05) is 0 Å². The number of hydrogen-bond acceptors (Lipinski definition) is 2. The molecule has 1 N–H and O–H groups in total. The quantitative estimate of drug-likeness (QED) is 0.722. The van der Waals surface area contributed by atoms with Crippen LogP contribution in [-0.2, 0) is 0 Å². The fourth-order valence-corrected chi connectivity index (χ4v) is 1.03. The van der Waals surface area contributed by atoms with Crippen molar-refractivity contribution in [2.45, 2.75) is 0 Å². The predicted molar refractivity (Wildman–Crippen MR) is 40.5 cm³/mol. The molecular formula is C7H3BrFNO. The van der Waals surface area contributed by atoms with E-state index in [0.29, 0.717) is 4.47 Å². The summed E-state index contributed by atoms with van der Waals surface area (Å²) in [4.78, 5) is 0. The van der Waals surface area contributed by atoms with Crippen molar-refractivity contribution in [2.24, 2.45) is 0 Å². The van der Waals surface area contributed by atoms with E-state index in [0.717, 1.165) is 12.1 Å². The van der Waals surface area contributed by atoms with Gasteiger partial charge in [0.1, 0.15) is 6.07 Å². The van der Waals surface area contributed by atoms with Crippen molar-refractivity contribution in [2.75, 3.05) is 0 Å². The molecule has 0 aliphatic carbocycles. The van der Waals surface area contributed by atoms with Gasteiger partial charge in [-0.2, -0.15) is 5.26 Å². The van der Waals surface area contributed by atoms with Gasteiger partial charge in [0.2, 0.25) is 0 Å². The number of nitrogens with zero attached hydrogens (tertiary/aromatic N) is 1. The summed E-state index contributed by atoms with van der Waals surface area (Å²) in [7, 11) is 0. The Balaban J connectivity index is 3.35. The lowest BCUT2D eigenvalue weighted by molar-refractivity contribution is 0.432. The summed E-state index contributed by atoms with van der Waals surface area (Å²) in [6, 6.07) is 3.91. The zero-order valence-corrected chi connectivity index (χ0v) is 6.89. The lowest BCUT2D eigenvalue weighted by atomic mass is 10.2. The fourth-order valence-electron chi connectivity index (χ4n) is 0.623. The molecule has 0 aliphatic rings. The Hall–Kier alpha value is -1.08. The van der Waals surface area contributed by atoms with Crippen LogP contribution in [0, 0.1) is 17.1 Å². The standard InChI is InChI=1S/C7H3BrFNO/c8-5-2-6(9)7(11)1-4(5)3-10/h1-2,11H. The van der Waals surface area contributed by atoms with Gasteiger partial charge in [-0.3, -0.25) is 0 Å². The zero-order valence-electron chi connectivity index (χ0n) is 5.31. The first kappa shape index (κ1) is 8.02. The van der Waals surface area contributed by atoms with Gasteiger partial charge in [-0.15, -0.1) is 0 Å². The molecular weight excluding hydrogens is 213 g/mol. The van der Waals surface area contributed by atoms with Crippen LogP contribution in [0.15, 0.2) is 16.6 Å². The second-order valence-corrected chi connectivity index (χ2v) is 2.75. The minimum atomic E-state index is -0.740. The number of benzene rings is 1. The first-order valence-corrected chi connectivity index (χ1v) is 3.52. The molecule has 0 saturated heterocycles. The van der Waals surface area contributed by atoms with Gasteiger partial charge in [-0.05, 0) is 22.0 Å². The average molecular weight is 216 g/mol. The molecule has 0 aromatic heterocycles. The molecule has 0 unspecified atom stereocenters. The van der Waals surface area contributed by atoms with Gasteiger partial charge in [0.05, 0.1) is 5.56 Å². The molecule has 1 aromatic rings. The summed E-state index contributed by atoms with van der Waals surface area (Å²) in [5, 5.41) is 17.2. The van der Waals surface area contributed by atoms with Crippen LogP contribution in [0.5, 0.6) is 5.75 Å². The smallest absolute Gasteiger partial charge is 0.166 e. The molecule has 4 heteroatoms. The van der Waals surface area contributed by atoms with Gasteiger partial charge < -0.3 is 5.11 Å². The molecule has 56 valence electrons. The van der Waals surface area contributed by atoms with Crippen molar-refractivity contribution in [1.29, 1.82) is 5.26 Å². The van der Waals surface area contributed by atoms with Crippen molar-refractivity contribution in [1.82, 2.24) is 0 Å². The second-order valence-electron chi connectivity index (χ2n) is 1.90. The van der Waals surface area contributed by atoms with Crippen molar-refractivity contribution in [3.63, 3.8) is 0 Å². The Morgan fingerprint density at radius 1 is 1.55 bits per heavy atom. The molecule has 0 fully saturated rings. The van der Waals surface area contributed by atoms with E-state index in [2.05, 4.69) is 15.9 Å². The molecule has 1 rings (SSSR count). The number of phenols is 1. The lowest BCUT2D eigenvalue weighted by Crippen LogP contribution is -1.81. The summed E-state index contributed by atoms with van der Waals surface area (Å²) in [6.07, 6.45) is 0. The normalized spacial score (nSPS) is 9.18. The van der Waals surface area contributed by atoms with Crippen LogP contribution in [0.1, 0.15) is 5.56 Å². The predicted octanol–water partition coefficient (Wildman–Crippen LogP) is 2.17. The largest absolute Gasteiger partial charge is 0.505 e. The Kier molecular flexibility index (Phi) is 2.11. The number of rotatable bonds is 0. The van der Waals surface area contributed by atoms with Crippen molar-refractivity contribution in [3.8, 4) is 11.8 Å². The van der Waals surface area contributed by atoms with Gasteiger partial charge in [-0.25, -0.2) is 4.39 Å². The molecule has 11 heavy (non-hydrogen) atoms. The third-order valence-electron chi connectivity index (χ3n) is 1.16. The van der Waals surface area contributed by atoms with Crippen molar-refractivity contribution < 1.29 is 9.50 Å². The maximum absolute atomic E-state index is 12.5. The van der Waals surface area contributed by atoms with Gasteiger partial charge in [0.15, 0.2) is 11.6 Å². The SMILES string of the molecule is N#Cc1cc(O)c(F)cc1Br. The van der Waals surface area contributed by atoms with Crippen LogP contribution in [0.25, 0.3) is 0 Å².